The average molecular weight is 1270 g/mol. The van der Waals surface area contributed by atoms with Crippen LogP contribution in [0.1, 0.15) is 113 Å². The van der Waals surface area contributed by atoms with E-state index >= 15 is 0 Å². The van der Waals surface area contributed by atoms with E-state index in [0.29, 0.717) is 11.1 Å². The summed E-state index contributed by atoms with van der Waals surface area (Å²) in [6.45, 7) is 20.6. The lowest BCUT2D eigenvalue weighted by Crippen LogP contribution is -2.62. The van der Waals surface area contributed by atoms with E-state index in [1.54, 1.807) is 0 Å². The van der Waals surface area contributed by atoms with E-state index in [9.17, 15) is 10.5 Å². The Balaban J connectivity index is 1.06. The van der Waals surface area contributed by atoms with Crippen LogP contribution in [0.2, 0.25) is 0 Å². The summed E-state index contributed by atoms with van der Waals surface area (Å²) < 4.78 is 4.94. The molecule has 17 rings (SSSR count). The van der Waals surface area contributed by atoms with Crippen molar-refractivity contribution in [3.63, 3.8) is 0 Å². The van der Waals surface area contributed by atoms with Gasteiger partial charge in [0.15, 0.2) is 0 Å². The van der Waals surface area contributed by atoms with Crippen LogP contribution in [-0.2, 0) is 16.2 Å². The van der Waals surface area contributed by atoms with Gasteiger partial charge in [0.25, 0.3) is 0 Å². The molecule has 0 saturated heterocycles. The fourth-order valence-electron chi connectivity index (χ4n) is 16.3. The Labute approximate surface area is 580 Å². The number of nitriles is 2. The van der Waals surface area contributed by atoms with Gasteiger partial charge < -0.3 is 14.0 Å². The molecule has 13 aromatic carbocycles. The maximum absolute atomic E-state index is 10.7. The number of benzene rings is 13. The van der Waals surface area contributed by atoms with Gasteiger partial charge in [-0.25, -0.2) is 0 Å². The summed E-state index contributed by atoms with van der Waals surface area (Å²) in [6, 6.07) is 109. The Morgan fingerprint density at radius 3 is 1.21 bits per heavy atom. The Kier molecular flexibility index (Phi) is 14.1. The minimum atomic E-state index is -0.374. The first kappa shape index (κ1) is 60.9. The Bertz CT molecular complexity index is 5480. The highest BCUT2D eigenvalue weighted by Crippen LogP contribution is 2.53. The Hall–Kier alpha value is -11.7. The van der Waals surface area contributed by atoms with Gasteiger partial charge in [0.1, 0.15) is 0 Å². The van der Waals surface area contributed by atoms with E-state index in [1.807, 2.05) is 24.3 Å². The van der Waals surface area contributed by atoms with Crippen molar-refractivity contribution < 1.29 is 0 Å². The molecular formula is C93H74BN5. The van der Waals surface area contributed by atoms with Crippen molar-refractivity contribution in [3.8, 4) is 68.0 Å². The molecular weight excluding hydrogens is 1200 g/mol. The minimum Gasteiger partial charge on any atom is -0.310 e. The molecule has 2 aromatic heterocycles. The molecule has 0 fully saturated rings. The zero-order chi connectivity index (χ0) is 67.8. The normalized spacial score (nSPS) is 13.5. The molecule has 15 aromatic rings. The lowest BCUT2D eigenvalue weighted by molar-refractivity contribution is 0.589. The maximum Gasteiger partial charge on any atom is 0.247 e. The van der Waals surface area contributed by atoms with Gasteiger partial charge in [-0.15, -0.1) is 0 Å². The second-order valence-electron chi connectivity index (χ2n) is 30.3. The highest BCUT2D eigenvalue weighted by molar-refractivity contribution is 6.99. The number of para-hydroxylation sites is 5. The van der Waals surface area contributed by atoms with Crippen LogP contribution in [-0.4, -0.2) is 15.8 Å². The number of hydrogen-bond acceptors (Lipinski definition) is 3. The lowest BCUT2D eigenvalue weighted by Gasteiger charge is -2.45. The van der Waals surface area contributed by atoms with Crippen LogP contribution < -0.4 is 21.3 Å². The largest absolute Gasteiger partial charge is 0.310 e. The summed E-state index contributed by atoms with van der Waals surface area (Å²) in [6.07, 6.45) is 0. The van der Waals surface area contributed by atoms with Crippen molar-refractivity contribution in [3.05, 3.63) is 324 Å². The third-order valence-electron chi connectivity index (χ3n) is 21.2. The van der Waals surface area contributed by atoms with Crippen LogP contribution in [0.25, 0.3) is 99.5 Å². The molecule has 1 unspecified atom stereocenters. The highest BCUT2D eigenvalue weighted by atomic mass is 15.2. The Morgan fingerprint density at radius 2 is 0.737 bits per heavy atom. The van der Waals surface area contributed by atoms with E-state index in [0.717, 1.165) is 95.0 Å². The first-order valence-corrected chi connectivity index (χ1v) is 34.7. The van der Waals surface area contributed by atoms with Crippen molar-refractivity contribution >= 4 is 83.8 Å². The molecule has 0 aliphatic carbocycles. The van der Waals surface area contributed by atoms with Gasteiger partial charge in [-0.2, -0.15) is 10.5 Å². The summed E-state index contributed by atoms with van der Waals surface area (Å²) in [5.74, 6) is -0.374. The highest BCUT2D eigenvalue weighted by Gasteiger charge is 2.47. The zero-order valence-electron chi connectivity index (χ0n) is 57.4. The van der Waals surface area contributed by atoms with Crippen molar-refractivity contribution in [2.45, 2.75) is 84.5 Å². The fourth-order valence-corrected chi connectivity index (χ4v) is 16.3. The molecule has 0 saturated carbocycles. The topological polar surface area (TPSA) is 60.7 Å². The zero-order valence-corrected chi connectivity index (χ0v) is 57.4. The Morgan fingerprint density at radius 1 is 0.333 bits per heavy atom. The molecule has 474 valence electrons. The number of aromatic nitrogens is 2. The standard InChI is InChI=1S/C93H74BN5/c1-91(2,3)64-30-20-28-62(50-64)70-37-22-36-69(60-26-18-24-58(48-60)56-95)87(70)88-77-54-67(97-81-40-14-10-32-73(81)74-33-11-15-41-82(74)97)44-46-79(77)94-80-47-45-68(98-83-42-16-12-34-75(83)76-35-13-17-43-84(76)98)55-85(80)99(86-53-66(93(7,8)9)52-78(88)89(86)94)90-71(61-27-19-25-59(49-61)57-96)38-23-39-72(90)63-29-21-31-65(51-63)92(4,5)6/h10-55,88H,1-9H3. The first-order valence-electron chi connectivity index (χ1n) is 34.7. The van der Waals surface area contributed by atoms with Gasteiger partial charge in [0.05, 0.1) is 51.0 Å². The summed E-state index contributed by atoms with van der Waals surface area (Å²) in [5.41, 5.74) is 30.0. The van der Waals surface area contributed by atoms with Crippen molar-refractivity contribution in [2.24, 2.45) is 0 Å². The first-order chi connectivity index (χ1) is 47.9. The van der Waals surface area contributed by atoms with E-state index in [4.69, 9.17) is 0 Å². The lowest BCUT2D eigenvalue weighted by atomic mass is 9.31. The number of anilines is 3. The van der Waals surface area contributed by atoms with Gasteiger partial charge in [-0.05, 0) is 173 Å². The third kappa shape index (κ3) is 9.95. The smallest absolute Gasteiger partial charge is 0.247 e. The van der Waals surface area contributed by atoms with Crippen LogP contribution in [0.5, 0.6) is 0 Å². The molecule has 2 aliphatic rings. The van der Waals surface area contributed by atoms with E-state index in [-0.39, 0.29) is 28.9 Å². The van der Waals surface area contributed by atoms with E-state index in [2.05, 4.69) is 343 Å². The molecule has 0 spiro atoms. The van der Waals surface area contributed by atoms with E-state index in [1.165, 1.54) is 71.3 Å². The molecule has 99 heavy (non-hydrogen) atoms. The van der Waals surface area contributed by atoms with Gasteiger partial charge in [-0.3, -0.25) is 0 Å². The van der Waals surface area contributed by atoms with Crippen molar-refractivity contribution in [1.29, 1.82) is 10.5 Å². The number of rotatable bonds is 8. The van der Waals surface area contributed by atoms with Crippen LogP contribution in [0.4, 0.5) is 17.1 Å². The predicted molar refractivity (Wildman–Crippen MR) is 416 cm³/mol. The van der Waals surface area contributed by atoms with Gasteiger partial charge in [-0.1, -0.05) is 268 Å². The van der Waals surface area contributed by atoms with Crippen LogP contribution in [0, 0.1) is 22.7 Å². The third-order valence-corrected chi connectivity index (χ3v) is 21.2. The second-order valence-corrected chi connectivity index (χ2v) is 30.3. The van der Waals surface area contributed by atoms with Crippen molar-refractivity contribution in [2.75, 3.05) is 4.90 Å². The van der Waals surface area contributed by atoms with Gasteiger partial charge in [0, 0.05) is 61.3 Å². The number of fused-ring (bicyclic) bond motifs is 10. The van der Waals surface area contributed by atoms with Gasteiger partial charge >= 0.3 is 0 Å². The molecule has 5 nitrogen and oxygen atoms in total. The van der Waals surface area contributed by atoms with Crippen LogP contribution in [0.3, 0.4) is 0 Å². The minimum absolute atomic E-state index is 0.131. The second kappa shape index (κ2) is 23.0. The fraction of sp³-hybridized carbons (Fsp3) is 0.140. The summed E-state index contributed by atoms with van der Waals surface area (Å²) in [5, 5.41) is 26.3. The SMILES string of the molecule is CC(C)(C)c1cccc(-c2cccc(-c3cccc(C#N)c3)c2C2c3cc(-n4c5ccccc5c5ccccc54)ccc3B3c4ccc(-n5c6ccccc6c6ccccc65)cc4N(c4c(-c5cccc(C#N)c5)cccc4-c4cccc(C(C)(C)C)c4)c4cc(C(C)(C)C)cc2c43)c1. The quantitative estimate of drug-likeness (QED) is 0.142. The summed E-state index contributed by atoms with van der Waals surface area (Å²) >= 11 is 0. The monoisotopic (exact) mass is 1270 g/mol. The molecule has 2 aliphatic heterocycles. The van der Waals surface area contributed by atoms with Crippen LogP contribution >= 0.6 is 0 Å². The summed E-state index contributed by atoms with van der Waals surface area (Å²) in [4.78, 5) is 2.65. The van der Waals surface area contributed by atoms with Crippen LogP contribution in [0.15, 0.2) is 279 Å². The molecule has 4 heterocycles. The average Bonchev–Trinajstić information content (AvgIpc) is 1.12. The summed E-state index contributed by atoms with van der Waals surface area (Å²) in [7, 11) is 0. The number of hydrogen-bond donors (Lipinski definition) is 0. The predicted octanol–water partition coefficient (Wildman–Crippen LogP) is 22.0. The molecule has 0 amide bonds. The van der Waals surface area contributed by atoms with Gasteiger partial charge in [0.2, 0.25) is 6.71 Å². The molecule has 0 radical (unpaired) electrons. The van der Waals surface area contributed by atoms with E-state index < -0.39 is 0 Å². The van der Waals surface area contributed by atoms with Crippen molar-refractivity contribution in [1.82, 2.24) is 9.13 Å². The maximum atomic E-state index is 10.7. The molecule has 0 bridgehead atoms. The molecule has 0 N–H and O–H groups in total. The molecule has 6 heteroatoms. The number of nitrogens with zero attached hydrogens (tertiary/aromatic N) is 5. The molecule has 1 atom stereocenters.